The molecule has 1 heterocycles. The van der Waals surface area contributed by atoms with Crippen molar-refractivity contribution in [1.82, 2.24) is 4.98 Å². The van der Waals surface area contributed by atoms with Gasteiger partial charge in [-0.3, -0.25) is 4.79 Å². The van der Waals surface area contributed by atoms with E-state index in [0.29, 0.717) is 5.69 Å². The van der Waals surface area contributed by atoms with E-state index in [0.717, 1.165) is 15.7 Å². The molecular formula is C9H10ClNO2S2. The lowest BCUT2D eigenvalue weighted by Crippen LogP contribution is -1.99. The van der Waals surface area contributed by atoms with Crippen molar-refractivity contribution in [2.45, 2.75) is 17.7 Å². The van der Waals surface area contributed by atoms with E-state index in [4.69, 9.17) is 16.7 Å². The Morgan fingerprint density at radius 2 is 2.53 bits per heavy atom. The number of hydrogen-bond acceptors (Lipinski definition) is 4. The van der Waals surface area contributed by atoms with Crippen molar-refractivity contribution in [2.75, 3.05) is 5.75 Å². The number of nitrogens with zero attached hydrogens (tertiary/aromatic N) is 1. The second-order valence-corrected chi connectivity index (χ2v) is 5.22. The monoisotopic (exact) mass is 263 g/mol. The average Bonchev–Trinajstić information content (AvgIpc) is 2.61. The number of halogens is 1. The first-order valence-electron chi connectivity index (χ1n) is 4.16. The summed E-state index contributed by atoms with van der Waals surface area (Å²) in [6.45, 7) is 1.94. The van der Waals surface area contributed by atoms with E-state index < -0.39 is 5.97 Å². The van der Waals surface area contributed by atoms with Crippen LogP contribution in [0.3, 0.4) is 0 Å². The van der Waals surface area contributed by atoms with Gasteiger partial charge in [0.15, 0.2) is 0 Å². The standard InChI is InChI=1S/C9H10ClNO2S2/c1-6(3-10)4-14-9-11-7(5-15-9)2-8(12)13/h3,5H,2,4H2,1H3,(H,12,13). The Labute approximate surface area is 101 Å². The Kier molecular flexibility index (Phi) is 5.14. The summed E-state index contributed by atoms with van der Waals surface area (Å²) in [6, 6.07) is 0. The molecule has 15 heavy (non-hydrogen) atoms. The van der Waals surface area contributed by atoms with Crippen LogP contribution in [0.15, 0.2) is 20.8 Å². The molecule has 0 aliphatic carbocycles. The van der Waals surface area contributed by atoms with Crippen molar-refractivity contribution in [3.8, 4) is 0 Å². The average molecular weight is 264 g/mol. The molecule has 1 rings (SSSR count). The number of thiazole rings is 1. The van der Waals surface area contributed by atoms with Crippen LogP contribution in [-0.2, 0) is 11.2 Å². The van der Waals surface area contributed by atoms with Gasteiger partial charge in [0.25, 0.3) is 0 Å². The van der Waals surface area contributed by atoms with Crippen LogP contribution in [0.5, 0.6) is 0 Å². The third kappa shape index (κ3) is 4.68. The summed E-state index contributed by atoms with van der Waals surface area (Å²) in [4.78, 5) is 14.6. The third-order valence-electron chi connectivity index (χ3n) is 1.47. The second kappa shape index (κ2) is 6.15. The number of rotatable bonds is 5. The quantitative estimate of drug-likeness (QED) is 0.830. The van der Waals surface area contributed by atoms with E-state index in [1.807, 2.05) is 6.92 Å². The molecule has 0 aromatic carbocycles. The van der Waals surface area contributed by atoms with Gasteiger partial charge in [-0.15, -0.1) is 11.3 Å². The fourth-order valence-electron chi connectivity index (χ4n) is 0.798. The lowest BCUT2D eigenvalue weighted by molar-refractivity contribution is -0.136. The van der Waals surface area contributed by atoms with Crippen molar-refractivity contribution in [3.63, 3.8) is 0 Å². The van der Waals surface area contributed by atoms with Gasteiger partial charge in [-0.05, 0) is 6.92 Å². The Hall–Kier alpha value is -0.520. The molecule has 0 saturated carbocycles. The van der Waals surface area contributed by atoms with Crippen molar-refractivity contribution in [3.05, 3.63) is 22.2 Å². The van der Waals surface area contributed by atoms with Crippen LogP contribution in [0.2, 0.25) is 0 Å². The lowest BCUT2D eigenvalue weighted by atomic mass is 10.3. The first-order valence-corrected chi connectivity index (χ1v) is 6.47. The van der Waals surface area contributed by atoms with Crippen LogP contribution in [0.25, 0.3) is 0 Å². The van der Waals surface area contributed by atoms with Crippen molar-refractivity contribution >= 4 is 40.7 Å². The lowest BCUT2D eigenvalue weighted by Gasteiger charge is -1.95. The highest BCUT2D eigenvalue weighted by atomic mass is 35.5. The zero-order valence-corrected chi connectivity index (χ0v) is 10.5. The predicted molar refractivity (Wildman–Crippen MR) is 63.8 cm³/mol. The van der Waals surface area contributed by atoms with Crippen molar-refractivity contribution < 1.29 is 9.90 Å². The molecule has 1 aromatic rings. The van der Waals surface area contributed by atoms with Crippen LogP contribution < -0.4 is 0 Å². The molecule has 0 atom stereocenters. The summed E-state index contributed by atoms with van der Waals surface area (Å²) >= 11 is 8.55. The minimum Gasteiger partial charge on any atom is -0.481 e. The number of hydrogen-bond donors (Lipinski definition) is 1. The number of carboxylic acids is 1. The second-order valence-electron chi connectivity index (χ2n) is 2.92. The molecule has 0 spiro atoms. The van der Waals surface area contributed by atoms with Gasteiger partial charge in [-0.2, -0.15) is 0 Å². The molecule has 0 aliphatic heterocycles. The largest absolute Gasteiger partial charge is 0.481 e. The Morgan fingerprint density at radius 3 is 3.13 bits per heavy atom. The third-order valence-corrected chi connectivity index (χ3v) is 4.11. The van der Waals surface area contributed by atoms with Crippen LogP contribution in [0.4, 0.5) is 0 Å². The molecule has 0 amide bonds. The van der Waals surface area contributed by atoms with Crippen LogP contribution in [0, 0.1) is 0 Å². The van der Waals surface area contributed by atoms with Crippen molar-refractivity contribution in [2.24, 2.45) is 0 Å². The van der Waals surface area contributed by atoms with E-state index in [1.54, 1.807) is 22.7 Å². The molecule has 1 aromatic heterocycles. The molecular weight excluding hydrogens is 254 g/mol. The molecule has 6 heteroatoms. The number of carbonyl (C=O) groups is 1. The first kappa shape index (κ1) is 12.5. The zero-order chi connectivity index (χ0) is 11.3. The van der Waals surface area contributed by atoms with E-state index in [9.17, 15) is 4.79 Å². The molecule has 0 bridgehead atoms. The van der Waals surface area contributed by atoms with Crippen LogP contribution >= 0.6 is 34.7 Å². The predicted octanol–water partition coefficient (Wildman–Crippen LogP) is 3.00. The Morgan fingerprint density at radius 1 is 1.80 bits per heavy atom. The van der Waals surface area contributed by atoms with Gasteiger partial charge in [0, 0.05) is 16.7 Å². The maximum Gasteiger partial charge on any atom is 0.309 e. The smallest absolute Gasteiger partial charge is 0.309 e. The summed E-state index contributed by atoms with van der Waals surface area (Å²) in [5, 5.41) is 10.3. The molecule has 0 radical (unpaired) electrons. The van der Waals surface area contributed by atoms with Gasteiger partial charge in [0.2, 0.25) is 0 Å². The highest BCUT2D eigenvalue weighted by Gasteiger charge is 2.06. The first-order chi connectivity index (χ1) is 7.11. The number of aliphatic carboxylic acids is 1. The minimum atomic E-state index is -0.853. The van der Waals surface area contributed by atoms with Crippen LogP contribution in [-0.4, -0.2) is 21.8 Å². The van der Waals surface area contributed by atoms with Gasteiger partial charge in [0.05, 0.1) is 12.1 Å². The van der Waals surface area contributed by atoms with E-state index >= 15 is 0 Å². The summed E-state index contributed by atoms with van der Waals surface area (Å²) in [6.07, 6.45) is -0.0125. The maximum absolute atomic E-state index is 10.4. The van der Waals surface area contributed by atoms with E-state index in [-0.39, 0.29) is 6.42 Å². The molecule has 0 aliphatic rings. The summed E-state index contributed by atoms with van der Waals surface area (Å²) in [5.74, 6) is -0.0718. The number of aromatic nitrogens is 1. The minimum absolute atomic E-state index is 0.0125. The van der Waals surface area contributed by atoms with E-state index in [2.05, 4.69) is 4.98 Å². The topological polar surface area (TPSA) is 50.2 Å². The zero-order valence-electron chi connectivity index (χ0n) is 8.07. The fourth-order valence-corrected chi connectivity index (χ4v) is 2.72. The van der Waals surface area contributed by atoms with Gasteiger partial charge in [-0.1, -0.05) is 28.9 Å². The normalized spacial score (nSPS) is 11.7. The highest BCUT2D eigenvalue weighted by molar-refractivity contribution is 8.01. The van der Waals surface area contributed by atoms with Gasteiger partial charge in [-0.25, -0.2) is 4.98 Å². The summed E-state index contributed by atoms with van der Waals surface area (Å²) in [7, 11) is 0. The summed E-state index contributed by atoms with van der Waals surface area (Å²) in [5.41, 5.74) is 3.22. The molecule has 0 saturated heterocycles. The SMILES string of the molecule is CC(=CCl)CSc1nc(CC(=O)O)cs1. The Bertz CT molecular complexity index is 376. The summed E-state index contributed by atoms with van der Waals surface area (Å²) < 4.78 is 0.879. The fraction of sp³-hybridized carbons (Fsp3) is 0.333. The van der Waals surface area contributed by atoms with E-state index in [1.165, 1.54) is 11.3 Å². The molecule has 1 N–H and O–H groups in total. The molecule has 82 valence electrons. The molecule has 0 fully saturated rings. The number of carboxylic acid groups (broad SMARTS) is 1. The maximum atomic E-state index is 10.4. The van der Waals surface area contributed by atoms with Gasteiger partial charge >= 0.3 is 5.97 Å². The molecule has 0 unspecified atom stereocenters. The highest BCUT2D eigenvalue weighted by Crippen LogP contribution is 2.24. The Balaban J connectivity index is 2.49. The van der Waals surface area contributed by atoms with Gasteiger partial charge < -0.3 is 5.11 Å². The van der Waals surface area contributed by atoms with Crippen LogP contribution in [0.1, 0.15) is 12.6 Å². The number of thioether (sulfide) groups is 1. The van der Waals surface area contributed by atoms with Gasteiger partial charge in [0.1, 0.15) is 4.34 Å². The van der Waals surface area contributed by atoms with Crippen molar-refractivity contribution in [1.29, 1.82) is 0 Å². The molecule has 3 nitrogen and oxygen atoms in total.